The van der Waals surface area contributed by atoms with E-state index in [-0.39, 0.29) is 55.4 Å². The number of carbonyl (C=O) groups excluding carboxylic acids is 3. The molecular weight excluding hydrogens is 460 g/mol. The Kier molecular flexibility index (Phi) is 12.6. The van der Waals surface area contributed by atoms with Crippen LogP contribution in [0.15, 0.2) is 42.5 Å². The number of rotatable bonds is 9. The Balaban J connectivity index is 2.10. The molecule has 0 saturated heterocycles. The molecule has 2 amide bonds. The minimum atomic E-state index is -0.541. The molecule has 200 valence electrons. The molecule has 0 unspecified atom stereocenters. The van der Waals surface area contributed by atoms with Gasteiger partial charge in [-0.3, -0.25) is 14.4 Å². The zero-order valence-corrected chi connectivity index (χ0v) is 21.8. The first-order valence-corrected chi connectivity index (χ1v) is 12.8. The maximum absolute atomic E-state index is 13.2. The second kappa shape index (κ2) is 15.4. The number of aliphatic hydroxyl groups excluding tert-OH is 1. The van der Waals surface area contributed by atoms with Gasteiger partial charge in [-0.25, -0.2) is 0 Å². The minimum Gasteiger partial charge on any atom is -0.463 e. The molecule has 3 N–H and O–H groups in total. The number of nitrogens with one attached hydrogen (secondary N) is 2. The van der Waals surface area contributed by atoms with Gasteiger partial charge in [0.05, 0.1) is 37.7 Å². The average molecular weight is 503 g/mol. The van der Waals surface area contributed by atoms with Crippen LogP contribution in [0.5, 0.6) is 0 Å². The molecule has 0 radical (unpaired) electrons. The molecule has 1 aliphatic heterocycles. The van der Waals surface area contributed by atoms with E-state index in [4.69, 9.17) is 14.6 Å². The number of ether oxygens (including phenoxy) is 2. The molecule has 8 heteroatoms. The third-order valence-electron chi connectivity index (χ3n) is 6.29. The fraction of sp³-hybridized carbons (Fsp3) is 0.607. The van der Waals surface area contributed by atoms with Crippen molar-refractivity contribution in [2.75, 3.05) is 33.0 Å². The van der Waals surface area contributed by atoms with Gasteiger partial charge in [-0.05, 0) is 36.7 Å². The summed E-state index contributed by atoms with van der Waals surface area (Å²) in [5.41, 5.74) is 0.735. The lowest BCUT2D eigenvalue weighted by molar-refractivity contribution is -0.151. The monoisotopic (exact) mass is 502 g/mol. The molecule has 0 bridgehead atoms. The molecule has 3 atom stereocenters. The first-order valence-electron chi connectivity index (χ1n) is 12.8. The molecule has 0 fully saturated rings. The first kappa shape index (κ1) is 29.5. The lowest BCUT2D eigenvalue weighted by Crippen LogP contribution is -2.49. The van der Waals surface area contributed by atoms with E-state index < -0.39 is 12.0 Å². The van der Waals surface area contributed by atoms with Gasteiger partial charge in [0.1, 0.15) is 6.61 Å². The van der Waals surface area contributed by atoms with Crippen molar-refractivity contribution >= 4 is 17.8 Å². The highest BCUT2D eigenvalue weighted by molar-refractivity contribution is 5.86. The molecule has 0 spiro atoms. The van der Waals surface area contributed by atoms with Crippen LogP contribution in [0.25, 0.3) is 0 Å². The number of hydrogen-bond donors (Lipinski definition) is 3. The third kappa shape index (κ3) is 10.9. The van der Waals surface area contributed by atoms with E-state index in [0.717, 1.165) is 5.56 Å². The van der Waals surface area contributed by atoms with E-state index in [1.807, 2.05) is 63.3 Å². The number of esters is 1. The predicted octanol–water partition coefficient (Wildman–Crippen LogP) is 2.79. The van der Waals surface area contributed by atoms with Crippen molar-refractivity contribution in [1.29, 1.82) is 0 Å². The molecule has 0 aliphatic carbocycles. The molecular formula is C28H42N2O6. The van der Waals surface area contributed by atoms with Crippen molar-refractivity contribution in [3.63, 3.8) is 0 Å². The number of benzene rings is 1. The number of allylic oxidation sites excluding steroid dienone is 2. The van der Waals surface area contributed by atoms with Crippen molar-refractivity contribution < 1.29 is 29.0 Å². The molecule has 0 saturated carbocycles. The maximum atomic E-state index is 13.2. The summed E-state index contributed by atoms with van der Waals surface area (Å²) in [6.45, 7) is 6.79. The van der Waals surface area contributed by atoms with E-state index in [1.165, 1.54) is 0 Å². The van der Waals surface area contributed by atoms with Crippen LogP contribution in [-0.4, -0.2) is 61.9 Å². The summed E-state index contributed by atoms with van der Waals surface area (Å²) in [6, 6.07) is 9.50. The van der Waals surface area contributed by atoms with E-state index in [1.54, 1.807) is 0 Å². The van der Waals surface area contributed by atoms with Gasteiger partial charge >= 0.3 is 5.97 Å². The summed E-state index contributed by atoms with van der Waals surface area (Å²) in [5.74, 6) is -1.54. The second-order valence-corrected chi connectivity index (χ2v) is 10.3. The zero-order valence-electron chi connectivity index (χ0n) is 21.8. The third-order valence-corrected chi connectivity index (χ3v) is 6.29. The van der Waals surface area contributed by atoms with Crippen LogP contribution in [0, 0.1) is 17.3 Å². The number of hydrogen-bond acceptors (Lipinski definition) is 6. The van der Waals surface area contributed by atoms with Crippen LogP contribution in [-0.2, 0) is 30.3 Å². The smallest absolute Gasteiger partial charge is 0.309 e. The average Bonchev–Trinajstić information content (AvgIpc) is 2.84. The fourth-order valence-corrected chi connectivity index (χ4v) is 3.97. The molecule has 8 nitrogen and oxygen atoms in total. The van der Waals surface area contributed by atoms with Crippen LogP contribution in [0.4, 0.5) is 0 Å². The lowest BCUT2D eigenvalue weighted by atomic mass is 9.86. The Morgan fingerprint density at radius 2 is 1.89 bits per heavy atom. The summed E-state index contributed by atoms with van der Waals surface area (Å²) < 4.78 is 10.9. The van der Waals surface area contributed by atoms with Gasteiger partial charge in [0, 0.05) is 13.0 Å². The van der Waals surface area contributed by atoms with Crippen LogP contribution in [0.3, 0.4) is 0 Å². The summed E-state index contributed by atoms with van der Waals surface area (Å²) >= 11 is 0. The van der Waals surface area contributed by atoms with Gasteiger partial charge in [-0.1, -0.05) is 63.3 Å². The van der Waals surface area contributed by atoms with Gasteiger partial charge in [0.25, 0.3) is 0 Å². The molecule has 36 heavy (non-hydrogen) atoms. The molecule has 1 heterocycles. The first-order chi connectivity index (χ1) is 17.2. The standard InChI is InChI=1S/C28H42N2O6/c1-28(2,3)24-20-36-27(34)23(18-21-10-6-4-7-11-21)13-9-5-8-12-22(26(33)30-24)19-25(32)29-14-16-35-17-15-31/h4-8,10-11,22-24,31H,9,12-20H2,1-3H3,(H,29,32)(H,30,33)/t22-,23-,24-/m1/s1. The van der Waals surface area contributed by atoms with Gasteiger partial charge < -0.3 is 25.2 Å². The molecule has 0 aromatic heterocycles. The highest BCUT2D eigenvalue weighted by atomic mass is 16.5. The Labute approximate surface area is 214 Å². The largest absolute Gasteiger partial charge is 0.463 e. The van der Waals surface area contributed by atoms with E-state index in [0.29, 0.717) is 38.8 Å². The number of aliphatic hydroxyl groups is 1. The Hall–Kier alpha value is -2.71. The highest BCUT2D eigenvalue weighted by Gasteiger charge is 2.32. The van der Waals surface area contributed by atoms with Crippen molar-refractivity contribution in [1.82, 2.24) is 10.6 Å². The van der Waals surface area contributed by atoms with Crippen molar-refractivity contribution in [2.45, 2.75) is 58.9 Å². The summed E-state index contributed by atoms with van der Waals surface area (Å²) in [6.07, 6.45) is 6.30. The highest BCUT2D eigenvalue weighted by Crippen LogP contribution is 2.23. The van der Waals surface area contributed by atoms with E-state index in [9.17, 15) is 14.4 Å². The van der Waals surface area contributed by atoms with Gasteiger partial charge in [0.15, 0.2) is 0 Å². The van der Waals surface area contributed by atoms with Gasteiger partial charge in [-0.15, -0.1) is 0 Å². The molecule has 2 rings (SSSR count). The van der Waals surface area contributed by atoms with E-state index >= 15 is 0 Å². The SMILES string of the molecule is CC(C)(C)[C@H]1COC(=O)[C@@H](Cc2ccccc2)CCC=CC[C@H](CC(=O)NCCOCCO)C(=O)N1. The molecule has 1 aromatic carbocycles. The summed E-state index contributed by atoms with van der Waals surface area (Å²) in [7, 11) is 0. The Morgan fingerprint density at radius 1 is 1.14 bits per heavy atom. The Bertz CT molecular complexity index is 849. The number of carbonyl (C=O) groups is 3. The normalized spacial score (nSPS) is 21.9. The van der Waals surface area contributed by atoms with Crippen LogP contribution >= 0.6 is 0 Å². The fourth-order valence-electron chi connectivity index (χ4n) is 3.97. The maximum Gasteiger partial charge on any atom is 0.309 e. The molecule has 1 aliphatic rings. The lowest BCUT2D eigenvalue weighted by Gasteiger charge is -2.32. The Morgan fingerprint density at radius 3 is 2.58 bits per heavy atom. The number of cyclic esters (lactones) is 1. The van der Waals surface area contributed by atoms with Crippen LogP contribution < -0.4 is 10.6 Å². The van der Waals surface area contributed by atoms with Crippen molar-refractivity contribution in [3.8, 4) is 0 Å². The van der Waals surface area contributed by atoms with Crippen LogP contribution in [0.1, 0.15) is 52.0 Å². The predicted molar refractivity (Wildman–Crippen MR) is 138 cm³/mol. The number of amides is 2. The van der Waals surface area contributed by atoms with Crippen molar-refractivity contribution in [2.24, 2.45) is 17.3 Å². The summed E-state index contributed by atoms with van der Waals surface area (Å²) in [5, 5.41) is 14.6. The quantitative estimate of drug-likeness (QED) is 0.272. The second-order valence-electron chi connectivity index (χ2n) is 10.3. The van der Waals surface area contributed by atoms with Crippen molar-refractivity contribution in [3.05, 3.63) is 48.0 Å². The minimum absolute atomic E-state index is 0.0451. The molecule has 1 aromatic rings. The van der Waals surface area contributed by atoms with Crippen LogP contribution in [0.2, 0.25) is 0 Å². The van der Waals surface area contributed by atoms with Gasteiger partial charge in [-0.2, -0.15) is 0 Å². The topological polar surface area (TPSA) is 114 Å². The zero-order chi connectivity index (χ0) is 26.4. The summed E-state index contributed by atoms with van der Waals surface area (Å²) in [4.78, 5) is 38.7. The van der Waals surface area contributed by atoms with Gasteiger partial charge in [0.2, 0.25) is 11.8 Å². The van der Waals surface area contributed by atoms with E-state index in [2.05, 4.69) is 10.6 Å².